The summed E-state index contributed by atoms with van der Waals surface area (Å²) in [5.41, 5.74) is 5.93. The van der Waals surface area contributed by atoms with Crippen LogP contribution in [0.15, 0.2) is 72.8 Å². The third-order valence-corrected chi connectivity index (χ3v) is 5.17. The van der Waals surface area contributed by atoms with E-state index in [4.69, 9.17) is 0 Å². The van der Waals surface area contributed by atoms with Gasteiger partial charge in [-0.1, -0.05) is 72.8 Å². The van der Waals surface area contributed by atoms with E-state index in [1.165, 1.54) is 63.1 Å². The molecule has 1 aliphatic carbocycles. The third-order valence-electron chi connectivity index (χ3n) is 5.17. The molecule has 4 aromatic rings. The zero-order chi connectivity index (χ0) is 15.2. The molecule has 0 unspecified atom stereocenters. The van der Waals surface area contributed by atoms with Crippen molar-refractivity contribution in [3.8, 4) is 11.1 Å². The van der Waals surface area contributed by atoms with Gasteiger partial charge in [-0.15, -0.1) is 0 Å². The highest BCUT2D eigenvalue weighted by atomic mass is 14.2. The molecule has 0 spiro atoms. The largest absolute Gasteiger partial charge is 0.0616 e. The maximum Gasteiger partial charge on any atom is -0.00643 e. The minimum atomic E-state index is 1.17. The molecule has 4 aromatic carbocycles. The van der Waals surface area contributed by atoms with Crippen LogP contribution in [0.1, 0.15) is 17.5 Å². The molecule has 0 N–H and O–H groups in total. The lowest BCUT2D eigenvalue weighted by Crippen LogP contribution is -1.92. The van der Waals surface area contributed by atoms with Gasteiger partial charge in [0.25, 0.3) is 0 Å². The van der Waals surface area contributed by atoms with Crippen LogP contribution in [-0.4, -0.2) is 0 Å². The van der Waals surface area contributed by atoms with Crippen molar-refractivity contribution in [1.82, 2.24) is 0 Å². The number of hydrogen-bond donors (Lipinski definition) is 0. The van der Waals surface area contributed by atoms with E-state index < -0.39 is 0 Å². The summed E-state index contributed by atoms with van der Waals surface area (Å²) in [6.07, 6.45) is 3.57. The van der Waals surface area contributed by atoms with Gasteiger partial charge < -0.3 is 0 Å². The second kappa shape index (κ2) is 4.96. The van der Waals surface area contributed by atoms with Crippen molar-refractivity contribution >= 4 is 21.5 Å². The van der Waals surface area contributed by atoms with Crippen molar-refractivity contribution in [2.24, 2.45) is 0 Å². The fourth-order valence-corrected chi connectivity index (χ4v) is 4.11. The number of aryl methyl sites for hydroxylation is 2. The van der Waals surface area contributed by atoms with Crippen molar-refractivity contribution in [2.45, 2.75) is 19.3 Å². The van der Waals surface area contributed by atoms with Gasteiger partial charge in [-0.05, 0) is 63.1 Å². The van der Waals surface area contributed by atoms with E-state index in [0.29, 0.717) is 0 Å². The van der Waals surface area contributed by atoms with E-state index in [2.05, 4.69) is 72.8 Å². The van der Waals surface area contributed by atoms with E-state index >= 15 is 0 Å². The third kappa shape index (κ3) is 1.91. The molecule has 5 rings (SSSR count). The van der Waals surface area contributed by atoms with Gasteiger partial charge in [-0.3, -0.25) is 0 Å². The Morgan fingerprint density at radius 2 is 0.957 bits per heavy atom. The average Bonchev–Trinajstić information content (AvgIpc) is 2.81. The number of hydrogen-bond acceptors (Lipinski definition) is 0. The Labute approximate surface area is 136 Å². The summed E-state index contributed by atoms with van der Waals surface area (Å²) in [6, 6.07) is 26.9. The summed E-state index contributed by atoms with van der Waals surface area (Å²) in [7, 11) is 0. The highest BCUT2D eigenvalue weighted by molar-refractivity contribution is 6.08. The molecule has 0 bridgehead atoms. The van der Waals surface area contributed by atoms with Gasteiger partial charge in [0.15, 0.2) is 0 Å². The van der Waals surface area contributed by atoms with E-state index in [0.717, 1.165) is 0 Å². The smallest absolute Gasteiger partial charge is 0.00643 e. The molecule has 23 heavy (non-hydrogen) atoms. The van der Waals surface area contributed by atoms with Crippen LogP contribution in [0.2, 0.25) is 0 Å². The monoisotopic (exact) mass is 294 g/mol. The molecule has 0 heterocycles. The summed E-state index contributed by atoms with van der Waals surface area (Å²) in [5, 5.41) is 5.47. The van der Waals surface area contributed by atoms with Gasteiger partial charge in [-0.2, -0.15) is 0 Å². The molecule has 0 radical (unpaired) electrons. The lowest BCUT2D eigenvalue weighted by molar-refractivity contribution is 0.835. The quantitative estimate of drug-likeness (QED) is 0.365. The Kier molecular flexibility index (Phi) is 2.78. The van der Waals surface area contributed by atoms with Crippen LogP contribution in [0.4, 0.5) is 0 Å². The lowest BCUT2D eigenvalue weighted by atomic mass is 9.88. The van der Waals surface area contributed by atoms with Gasteiger partial charge in [0.2, 0.25) is 0 Å². The van der Waals surface area contributed by atoms with E-state index in [1.54, 1.807) is 0 Å². The normalized spacial score (nSPS) is 13.6. The van der Waals surface area contributed by atoms with Gasteiger partial charge >= 0.3 is 0 Å². The van der Waals surface area contributed by atoms with Crippen LogP contribution >= 0.6 is 0 Å². The molecular weight excluding hydrogens is 276 g/mol. The zero-order valence-electron chi connectivity index (χ0n) is 13.0. The van der Waals surface area contributed by atoms with Gasteiger partial charge in [0.1, 0.15) is 0 Å². The highest BCUT2D eigenvalue weighted by Crippen LogP contribution is 2.41. The second-order valence-electron chi connectivity index (χ2n) is 6.50. The van der Waals surface area contributed by atoms with Crippen molar-refractivity contribution in [3.05, 3.63) is 83.9 Å². The summed E-state index contributed by atoms with van der Waals surface area (Å²) in [6.45, 7) is 0. The predicted octanol–water partition coefficient (Wildman–Crippen LogP) is 6.15. The number of rotatable bonds is 0. The SMILES string of the molecule is c1ccc2c3c(ccc2c1)CCCc1ccc2ccccc2c1-3. The molecule has 0 saturated carbocycles. The van der Waals surface area contributed by atoms with Crippen LogP contribution in [0.25, 0.3) is 32.7 Å². The first-order valence-electron chi connectivity index (χ1n) is 8.43. The van der Waals surface area contributed by atoms with E-state index in [9.17, 15) is 0 Å². The van der Waals surface area contributed by atoms with Gasteiger partial charge in [-0.25, -0.2) is 0 Å². The molecule has 0 aromatic heterocycles. The van der Waals surface area contributed by atoms with Crippen molar-refractivity contribution < 1.29 is 0 Å². The molecule has 0 saturated heterocycles. The predicted molar refractivity (Wildman–Crippen MR) is 98.9 cm³/mol. The minimum Gasteiger partial charge on any atom is -0.0616 e. The Balaban J connectivity index is 2.01. The summed E-state index contributed by atoms with van der Waals surface area (Å²) < 4.78 is 0. The van der Waals surface area contributed by atoms with Crippen LogP contribution in [0, 0.1) is 0 Å². The van der Waals surface area contributed by atoms with Crippen LogP contribution in [-0.2, 0) is 12.8 Å². The molecular formula is C23H18. The average molecular weight is 294 g/mol. The molecule has 110 valence electrons. The van der Waals surface area contributed by atoms with Crippen LogP contribution in [0.3, 0.4) is 0 Å². The first-order valence-corrected chi connectivity index (χ1v) is 8.43. The Morgan fingerprint density at radius 1 is 0.478 bits per heavy atom. The fraction of sp³-hybridized carbons (Fsp3) is 0.130. The first kappa shape index (κ1) is 12.9. The van der Waals surface area contributed by atoms with Crippen molar-refractivity contribution in [1.29, 1.82) is 0 Å². The second-order valence-corrected chi connectivity index (χ2v) is 6.50. The number of fused-ring (bicyclic) bond motifs is 7. The maximum absolute atomic E-state index is 2.34. The first-order chi connectivity index (χ1) is 11.4. The molecule has 0 heteroatoms. The van der Waals surface area contributed by atoms with Crippen molar-refractivity contribution in [3.63, 3.8) is 0 Å². The topological polar surface area (TPSA) is 0 Å². The van der Waals surface area contributed by atoms with E-state index in [-0.39, 0.29) is 0 Å². The van der Waals surface area contributed by atoms with Gasteiger partial charge in [0, 0.05) is 0 Å². The molecule has 0 aliphatic heterocycles. The van der Waals surface area contributed by atoms with Crippen LogP contribution < -0.4 is 0 Å². The Hall–Kier alpha value is -2.60. The fourth-order valence-electron chi connectivity index (χ4n) is 4.11. The lowest BCUT2D eigenvalue weighted by Gasteiger charge is -2.16. The molecule has 1 aliphatic rings. The summed E-state index contributed by atoms with van der Waals surface area (Å²) in [5.74, 6) is 0. The molecule has 0 atom stereocenters. The molecule has 0 nitrogen and oxygen atoms in total. The molecule has 0 fully saturated rings. The Bertz CT molecular complexity index is 955. The van der Waals surface area contributed by atoms with Crippen LogP contribution in [0.5, 0.6) is 0 Å². The maximum atomic E-state index is 2.34. The molecule has 0 amide bonds. The summed E-state index contributed by atoms with van der Waals surface area (Å²) in [4.78, 5) is 0. The van der Waals surface area contributed by atoms with Crippen molar-refractivity contribution in [2.75, 3.05) is 0 Å². The van der Waals surface area contributed by atoms with E-state index in [1.807, 2.05) is 0 Å². The minimum absolute atomic E-state index is 1.17. The standard InChI is InChI=1S/C23H18/c1-3-10-20-16(6-1)12-14-18-8-5-9-19-15-13-17-7-2-4-11-21(17)23(19)22(18)20/h1-4,6-7,10-15H,5,8-9H2. The van der Waals surface area contributed by atoms with Gasteiger partial charge in [0.05, 0.1) is 0 Å². The summed E-state index contributed by atoms with van der Waals surface area (Å²) >= 11 is 0. The zero-order valence-corrected chi connectivity index (χ0v) is 13.0. The Morgan fingerprint density at radius 3 is 1.48 bits per heavy atom. The number of benzene rings is 4. The highest BCUT2D eigenvalue weighted by Gasteiger charge is 2.19.